The van der Waals surface area contributed by atoms with E-state index in [9.17, 15) is 13.6 Å². The highest BCUT2D eigenvalue weighted by Crippen LogP contribution is 2.32. The summed E-state index contributed by atoms with van der Waals surface area (Å²) < 4.78 is 36.6. The molecule has 7 nitrogen and oxygen atoms in total. The number of fused-ring (bicyclic) bond motifs is 3. The van der Waals surface area contributed by atoms with Crippen LogP contribution in [0.15, 0.2) is 18.2 Å². The molecule has 1 saturated heterocycles. The molecule has 2 aliphatic rings. The molecule has 0 saturated carbocycles. The minimum atomic E-state index is -1.21. The van der Waals surface area contributed by atoms with E-state index >= 15 is 0 Å². The van der Waals surface area contributed by atoms with Crippen molar-refractivity contribution in [1.29, 1.82) is 0 Å². The number of alkyl halides is 1. The molecule has 0 bridgehead atoms. The molecule has 1 unspecified atom stereocenters. The van der Waals surface area contributed by atoms with Gasteiger partial charge in [-0.15, -0.1) is 0 Å². The van der Waals surface area contributed by atoms with Crippen LogP contribution in [0.2, 0.25) is 5.02 Å². The number of hydrogen-bond acceptors (Lipinski definition) is 5. The Morgan fingerprint density at radius 2 is 2.09 bits per heavy atom. The Morgan fingerprint density at radius 1 is 1.29 bits per heavy atom. The number of carbonyl (C=O) groups excluding carboxylic acids is 1. The van der Waals surface area contributed by atoms with Gasteiger partial charge in [0.2, 0.25) is 0 Å². The maximum Gasteiger partial charge on any atom is 0.258 e. The first-order chi connectivity index (χ1) is 16.8. The SMILES string of the molecule is CCCN1CC[C@H](Oc2cc(F)ccc2C(=O)N2Cc3nn4c(C)c(Cl)c(C)nc4c3C2)C(F)C1. The fourth-order valence-corrected chi connectivity index (χ4v) is 5.08. The molecule has 0 N–H and O–H groups in total. The largest absolute Gasteiger partial charge is 0.486 e. The van der Waals surface area contributed by atoms with Crippen LogP contribution >= 0.6 is 11.6 Å². The highest BCUT2D eigenvalue weighted by atomic mass is 35.5. The number of likely N-dealkylation sites (tertiary alicyclic amines) is 1. The fourth-order valence-electron chi connectivity index (χ4n) is 4.96. The molecule has 2 atom stereocenters. The molecule has 186 valence electrons. The van der Waals surface area contributed by atoms with Crippen LogP contribution < -0.4 is 4.74 Å². The van der Waals surface area contributed by atoms with E-state index in [1.807, 2.05) is 13.8 Å². The zero-order chi connectivity index (χ0) is 24.9. The molecular formula is C25H28ClF2N5O2. The van der Waals surface area contributed by atoms with Gasteiger partial charge in [0.15, 0.2) is 5.65 Å². The van der Waals surface area contributed by atoms with Gasteiger partial charge in [0.1, 0.15) is 23.8 Å². The molecular weight excluding hydrogens is 476 g/mol. The van der Waals surface area contributed by atoms with Gasteiger partial charge in [0.05, 0.1) is 40.8 Å². The average molecular weight is 504 g/mol. The lowest BCUT2D eigenvalue weighted by molar-refractivity contribution is 0.0210. The predicted molar refractivity (Wildman–Crippen MR) is 128 cm³/mol. The van der Waals surface area contributed by atoms with Crippen LogP contribution in [-0.4, -0.2) is 62.2 Å². The number of nitrogens with zero attached hydrogens (tertiary/aromatic N) is 5. The number of halogens is 3. The summed E-state index contributed by atoms with van der Waals surface area (Å²) in [7, 11) is 0. The maximum atomic E-state index is 14.8. The molecule has 2 aliphatic heterocycles. The zero-order valence-electron chi connectivity index (χ0n) is 20.0. The van der Waals surface area contributed by atoms with Crippen molar-refractivity contribution in [3.63, 3.8) is 0 Å². The highest BCUT2D eigenvalue weighted by molar-refractivity contribution is 6.31. The number of carbonyl (C=O) groups is 1. The van der Waals surface area contributed by atoms with E-state index in [1.54, 1.807) is 9.42 Å². The molecule has 3 aromatic rings. The molecule has 5 rings (SSSR count). The molecule has 0 radical (unpaired) electrons. The summed E-state index contributed by atoms with van der Waals surface area (Å²) in [5.74, 6) is -0.788. The molecule has 2 aromatic heterocycles. The lowest BCUT2D eigenvalue weighted by Gasteiger charge is -2.35. The van der Waals surface area contributed by atoms with Crippen LogP contribution in [0.5, 0.6) is 5.75 Å². The van der Waals surface area contributed by atoms with Crippen LogP contribution in [0.25, 0.3) is 5.65 Å². The normalized spacial score (nSPS) is 20.5. The third kappa shape index (κ3) is 4.36. The van der Waals surface area contributed by atoms with Crippen molar-refractivity contribution in [2.45, 2.75) is 59.0 Å². The molecule has 4 heterocycles. The quantitative estimate of drug-likeness (QED) is 0.513. The molecule has 1 fully saturated rings. The molecule has 10 heteroatoms. The Bertz CT molecular complexity index is 1300. The lowest BCUT2D eigenvalue weighted by Crippen LogP contribution is -2.47. The first-order valence-corrected chi connectivity index (χ1v) is 12.3. The van der Waals surface area contributed by atoms with E-state index in [1.165, 1.54) is 18.2 Å². The van der Waals surface area contributed by atoms with Crippen molar-refractivity contribution in [2.75, 3.05) is 19.6 Å². The van der Waals surface area contributed by atoms with Crippen molar-refractivity contribution in [2.24, 2.45) is 0 Å². The zero-order valence-corrected chi connectivity index (χ0v) is 20.8. The van der Waals surface area contributed by atoms with Crippen LogP contribution in [0.3, 0.4) is 0 Å². The summed E-state index contributed by atoms with van der Waals surface area (Å²) in [5, 5.41) is 5.18. The molecule has 1 amide bonds. The van der Waals surface area contributed by atoms with Gasteiger partial charge >= 0.3 is 0 Å². The summed E-state index contributed by atoms with van der Waals surface area (Å²) in [5.41, 5.74) is 3.97. The molecule has 1 aromatic carbocycles. The second kappa shape index (κ2) is 9.35. The van der Waals surface area contributed by atoms with Gasteiger partial charge in [-0.2, -0.15) is 5.10 Å². The molecule has 35 heavy (non-hydrogen) atoms. The van der Waals surface area contributed by atoms with Gasteiger partial charge in [-0.3, -0.25) is 4.79 Å². The van der Waals surface area contributed by atoms with Crippen LogP contribution in [-0.2, 0) is 13.1 Å². The number of benzene rings is 1. The van der Waals surface area contributed by atoms with Crippen LogP contribution in [0.1, 0.15) is 52.8 Å². The molecule has 0 spiro atoms. The van der Waals surface area contributed by atoms with Gasteiger partial charge in [-0.25, -0.2) is 18.3 Å². The van der Waals surface area contributed by atoms with E-state index in [0.29, 0.717) is 35.9 Å². The first kappa shape index (κ1) is 23.9. The Hall–Kier alpha value is -2.78. The Balaban J connectivity index is 1.37. The van der Waals surface area contributed by atoms with Gasteiger partial charge in [0.25, 0.3) is 5.91 Å². The summed E-state index contributed by atoms with van der Waals surface area (Å²) in [6.45, 7) is 8.16. The highest BCUT2D eigenvalue weighted by Gasteiger charge is 2.34. The Kier molecular flexibility index (Phi) is 6.40. The van der Waals surface area contributed by atoms with E-state index < -0.39 is 18.1 Å². The Labute approximate surface area is 207 Å². The number of hydrogen-bond donors (Lipinski definition) is 0. The number of rotatable bonds is 5. The number of piperidine rings is 1. The predicted octanol–water partition coefficient (Wildman–Crippen LogP) is 4.50. The summed E-state index contributed by atoms with van der Waals surface area (Å²) in [6, 6.07) is 3.79. The first-order valence-electron chi connectivity index (χ1n) is 11.9. The van der Waals surface area contributed by atoms with Gasteiger partial charge < -0.3 is 14.5 Å². The van der Waals surface area contributed by atoms with Gasteiger partial charge in [0, 0.05) is 24.7 Å². The second-order valence-corrected chi connectivity index (χ2v) is 9.70. The van der Waals surface area contributed by atoms with Crippen LogP contribution in [0, 0.1) is 19.7 Å². The number of aromatic nitrogens is 3. The van der Waals surface area contributed by atoms with Gasteiger partial charge in [-0.1, -0.05) is 18.5 Å². The summed E-state index contributed by atoms with van der Waals surface area (Å²) in [4.78, 5) is 21.7. The molecule has 0 aliphatic carbocycles. The second-order valence-electron chi connectivity index (χ2n) is 9.32. The third-order valence-electron chi connectivity index (χ3n) is 6.80. The fraction of sp³-hybridized carbons (Fsp3) is 0.480. The number of ether oxygens (including phenoxy) is 1. The topological polar surface area (TPSA) is 63.0 Å². The van der Waals surface area contributed by atoms with Crippen LogP contribution in [0.4, 0.5) is 8.78 Å². The monoisotopic (exact) mass is 503 g/mol. The van der Waals surface area contributed by atoms with Gasteiger partial charge in [-0.05, 0) is 45.4 Å². The van der Waals surface area contributed by atoms with Crippen molar-refractivity contribution >= 4 is 23.2 Å². The Morgan fingerprint density at radius 3 is 2.83 bits per heavy atom. The average Bonchev–Trinajstić information content (AvgIpc) is 3.38. The standard InChI is InChI=1S/C25H28ClF2N5O2/c1-4-8-31-9-7-21(19(28)12-31)35-22-10-16(27)5-6-17(22)25(34)32-11-18-20(13-32)30-33-15(3)23(26)14(2)29-24(18)33/h5-6,10,19,21H,4,7-9,11-13H2,1-3H3/t19?,21-/m0/s1. The van der Waals surface area contributed by atoms with E-state index in [4.69, 9.17) is 16.3 Å². The van der Waals surface area contributed by atoms with E-state index in [-0.39, 0.29) is 30.3 Å². The smallest absolute Gasteiger partial charge is 0.258 e. The number of aryl methyl sites for hydroxylation is 2. The van der Waals surface area contributed by atoms with Crippen molar-refractivity contribution in [1.82, 2.24) is 24.4 Å². The minimum absolute atomic E-state index is 0.0713. The maximum absolute atomic E-state index is 14.8. The van der Waals surface area contributed by atoms with Crippen molar-refractivity contribution in [3.8, 4) is 5.75 Å². The van der Waals surface area contributed by atoms with E-state index in [2.05, 4.69) is 21.9 Å². The van der Waals surface area contributed by atoms with E-state index in [0.717, 1.165) is 29.9 Å². The minimum Gasteiger partial charge on any atom is -0.486 e. The third-order valence-corrected chi connectivity index (χ3v) is 7.35. The lowest BCUT2D eigenvalue weighted by atomic mass is 10.0. The summed E-state index contributed by atoms with van der Waals surface area (Å²) >= 11 is 6.32. The number of amides is 1. The summed E-state index contributed by atoms with van der Waals surface area (Å²) in [6.07, 6.45) is -0.511. The van der Waals surface area contributed by atoms with Crippen molar-refractivity contribution < 1.29 is 18.3 Å². The van der Waals surface area contributed by atoms with Crippen molar-refractivity contribution in [3.05, 3.63) is 57.2 Å².